The van der Waals surface area contributed by atoms with E-state index >= 15 is 0 Å². The van der Waals surface area contributed by atoms with Crippen molar-refractivity contribution in [2.45, 2.75) is 17.9 Å². The summed E-state index contributed by atoms with van der Waals surface area (Å²) in [7, 11) is 0. The third kappa shape index (κ3) is 4.08. The molecule has 2 rings (SSSR count). The van der Waals surface area contributed by atoms with E-state index in [1.807, 2.05) is 37.3 Å². The highest BCUT2D eigenvalue weighted by Crippen LogP contribution is 2.30. The second-order valence-corrected chi connectivity index (χ2v) is 5.69. The molecule has 0 saturated carbocycles. The summed E-state index contributed by atoms with van der Waals surface area (Å²) in [5.74, 6) is -0.0523. The predicted molar refractivity (Wildman–Crippen MR) is 85.8 cm³/mol. The fraction of sp³-hybridized carbons (Fsp3) is 0.176. The first-order valence-electron chi connectivity index (χ1n) is 6.66. The molecule has 0 aliphatic heterocycles. The summed E-state index contributed by atoms with van der Waals surface area (Å²) in [6, 6.07) is 11.0. The van der Waals surface area contributed by atoms with Crippen molar-refractivity contribution in [3.8, 4) is 0 Å². The molecule has 0 aliphatic rings. The smallest absolute Gasteiger partial charge is 0.128 e. The number of benzene rings is 2. The maximum absolute atomic E-state index is 13.8. The van der Waals surface area contributed by atoms with Crippen LogP contribution in [0.3, 0.4) is 0 Å². The standard InChI is InChI=1S/C17H17F2NS/c1-3-10-21-17-7-5-4-6-16(17)20-12(2)14-11-13(18)8-9-15(14)19/h3-9,11-12,20H,1,10H2,2H3. The lowest BCUT2D eigenvalue weighted by Crippen LogP contribution is -2.09. The predicted octanol–water partition coefficient (Wildman–Crippen LogP) is 5.42. The first-order valence-corrected chi connectivity index (χ1v) is 7.64. The number of hydrogen-bond acceptors (Lipinski definition) is 2. The summed E-state index contributed by atoms with van der Waals surface area (Å²) < 4.78 is 27.1. The number of hydrogen-bond donors (Lipinski definition) is 1. The van der Waals surface area contributed by atoms with Gasteiger partial charge in [-0.2, -0.15) is 0 Å². The van der Waals surface area contributed by atoms with Crippen molar-refractivity contribution in [2.75, 3.05) is 11.1 Å². The maximum atomic E-state index is 13.8. The zero-order valence-electron chi connectivity index (χ0n) is 11.8. The Bertz CT molecular complexity index is 628. The molecule has 110 valence electrons. The normalized spacial score (nSPS) is 12.0. The van der Waals surface area contributed by atoms with Gasteiger partial charge in [0.2, 0.25) is 0 Å². The topological polar surface area (TPSA) is 12.0 Å². The highest BCUT2D eigenvalue weighted by Gasteiger charge is 2.13. The first-order chi connectivity index (χ1) is 10.1. The minimum atomic E-state index is -0.436. The fourth-order valence-electron chi connectivity index (χ4n) is 2.02. The van der Waals surface area contributed by atoms with Crippen LogP contribution in [0.25, 0.3) is 0 Å². The number of para-hydroxylation sites is 1. The number of thioether (sulfide) groups is 1. The molecule has 0 bridgehead atoms. The SMILES string of the molecule is C=CCSc1ccccc1NC(C)c1cc(F)ccc1F. The van der Waals surface area contributed by atoms with Crippen LogP contribution in [-0.2, 0) is 0 Å². The molecule has 2 aromatic rings. The van der Waals surface area contributed by atoms with E-state index in [4.69, 9.17) is 0 Å². The zero-order chi connectivity index (χ0) is 15.2. The third-order valence-corrected chi connectivity index (χ3v) is 4.11. The van der Waals surface area contributed by atoms with Crippen molar-refractivity contribution in [1.29, 1.82) is 0 Å². The molecule has 0 radical (unpaired) electrons. The molecule has 21 heavy (non-hydrogen) atoms. The minimum absolute atomic E-state index is 0.318. The third-order valence-electron chi connectivity index (χ3n) is 3.04. The molecule has 2 aromatic carbocycles. The van der Waals surface area contributed by atoms with E-state index in [1.54, 1.807) is 11.8 Å². The molecular formula is C17H17F2NS. The van der Waals surface area contributed by atoms with Gasteiger partial charge in [-0.15, -0.1) is 18.3 Å². The van der Waals surface area contributed by atoms with Crippen LogP contribution in [0.4, 0.5) is 14.5 Å². The summed E-state index contributed by atoms with van der Waals surface area (Å²) in [5, 5.41) is 3.24. The van der Waals surface area contributed by atoms with Crippen LogP contribution in [0, 0.1) is 11.6 Å². The molecule has 0 amide bonds. The Morgan fingerprint density at radius 2 is 2.00 bits per heavy atom. The fourth-order valence-corrected chi connectivity index (χ4v) is 2.77. The second kappa shape index (κ2) is 7.27. The summed E-state index contributed by atoms with van der Waals surface area (Å²) >= 11 is 1.64. The van der Waals surface area contributed by atoms with Gasteiger partial charge in [-0.05, 0) is 37.3 Å². The monoisotopic (exact) mass is 305 g/mol. The lowest BCUT2D eigenvalue weighted by molar-refractivity contribution is 0.577. The Hall–Kier alpha value is -1.81. The van der Waals surface area contributed by atoms with Crippen molar-refractivity contribution in [2.24, 2.45) is 0 Å². The summed E-state index contributed by atoms with van der Waals surface area (Å²) in [4.78, 5) is 1.06. The summed E-state index contributed by atoms with van der Waals surface area (Å²) in [6.07, 6.45) is 1.83. The first kappa shape index (κ1) is 15.6. The largest absolute Gasteiger partial charge is 0.378 e. The maximum Gasteiger partial charge on any atom is 0.128 e. The van der Waals surface area contributed by atoms with Gasteiger partial charge in [0, 0.05) is 21.9 Å². The molecule has 0 heterocycles. The van der Waals surface area contributed by atoms with Crippen LogP contribution in [0.15, 0.2) is 60.0 Å². The minimum Gasteiger partial charge on any atom is -0.378 e. The average Bonchev–Trinajstić information content (AvgIpc) is 2.48. The van der Waals surface area contributed by atoms with Gasteiger partial charge in [-0.3, -0.25) is 0 Å². The molecule has 1 atom stereocenters. The molecule has 4 heteroatoms. The van der Waals surface area contributed by atoms with Crippen LogP contribution in [0.2, 0.25) is 0 Å². The van der Waals surface area contributed by atoms with Gasteiger partial charge in [-0.1, -0.05) is 18.2 Å². The van der Waals surface area contributed by atoms with Crippen molar-refractivity contribution in [3.63, 3.8) is 0 Å². The van der Waals surface area contributed by atoms with Crippen LogP contribution in [-0.4, -0.2) is 5.75 Å². The van der Waals surface area contributed by atoms with E-state index in [2.05, 4.69) is 11.9 Å². The van der Waals surface area contributed by atoms with E-state index in [1.165, 1.54) is 6.07 Å². The van der Waals surface area contributed by atoms with Gasteiger partial charge in [0.1, 0.15) is 11.6 Å². The molecule has 0 spiro atoms. The molecular weight excluding hydrogens is 288 g/mol. The van der Waals surface area contributed by atoms with Gasteiger partial charge in [-0.25, -0.2) is 8.78 Å². The van der Waals surface area contributed by atoms with Crippen molar-refractivity contribution < 1.29 is 8.78 Å². The van der Waals surface area contributed by atoms with Crippen LogP contribution in [0.1, 0.15) is 18.5 Å². The molecule has 0 saturated heterocycles. The molecule has 0 aromatic heterocycles. The van der Waals surface area contributed by atoms with Crippen LogP contribution in [0.5, 0.6) is 0 Å². The number of halogens is 2. The Morgan fingerprint density at radius 1 is 1.24 bits per heavy atom. The second-order valence-electron chi connectivity index (χ2n) is 4.63. The van der Waals surface area contributed by atoms with Gasteiger partial charge in [0.05, 0.1) is 6.04 Å². The Labute approximate surface area is 128 Å². The quantitative estimate of drug-likeness (QED) is 0.565. The highest BCUT2D eigenvalue weighted by molar-refractivity contribution is 7.99. The van der Waals surface area contributed by atoms with Gasteiger partial charge in [0.15, 0.2) is 0 Å². The van der Waals surface area contributed by atoms with E-state index in [-0.39, 0.29) is 6.04 Å². The summed E-state index contributed by atoms with van der Waals surface area (Å²) in [5.41, 5.74) is 1.22. The molecule has 0 aliphatic carbocycles. The number of nitrogens with one attached hydrogen (secondary N) is 1. The molecule has 1 nitrogen and oxygen atoms in total. The Kier molecular flexibility index (Phi) is 5.39. The van der Waals surface area contributed by atoms with Gasteiger partial charge in [0.25, 0.3) is 0 Å². The van der Waals surface area contributed by atoms with Crippen molar-refractivity contribution >= 4 is 17.4 Å². The van der Waals surface area contributed by atoms with Crippen LogP contribution < -0.4 is 5.32 Å². The lowest BCUT2D eigenvalue weighted by Gasteiger charge is -2.18. The van der Waals surface area contributed by atoms with E-state index in [9.17, 15) is 8.78 Å². The van der Waals surface area contributed by atoms with Gasteiger partial charge >= 0.3 is 0 Å². The average molecular weight is 305 g/mol. The lowest BCUT2D eigenvalue weighted by atomic mass is 10.1. The molecule has 1 unspecified atom stereocenters. The van der Waals surface area contributed by atoms with Gasteiger partial charge < -0.3 is 5.32 Å². The van der Waals surface area contributed by atoms with Crippen molar-refractivity contribution in [1.82, 2.24) is 0 Å². The highest BCUT2D eigenvalue weighted by atomic mass is 32.2. The zero-order valence-corrected chi connectivity index (χ0v) is 12.6. The summed E-state index contributed by atoms with van der Waals surface area (Å²) in [6.45, 7) is 5.52. The number of rotatable bonds is 6. The van der Waals surface area contributed by atoms with E-state index in [0.717, 1.165) is 28.5 Å². The molecule has 1 N–H and O–H groups in total. The van der Waals surface area contributed by atoms with Crippen LogP contribution >= 0.6 is 11.8 Å². The molecule has 0 fully saturated rings. The van der Waals surface area contributed by atoms with Crippen molar-refractivity contribution in [3.05, 3.63) is 72.3 Å². The Balaban J connectivity index is 2.21. The Morgan fingerprint density at radius 3 is 2.76 bits per heavy atom. The number of anilines is 1. The van der Waals surface area contributed by atoms with E-state index in [0.29, 0.717) is 5.56 Å². The van der Waals surface area contributed by atoms with E-state index < -0.39 is 11.6 Å².